The van der Waals surface area contributed by atoms with E-state index in [0.717, 1.165) is 0 Å². The van der Waals surface area contributed by atoms with E-state index in [0.29, 0.717) is 19.3 Å². The van der Waals surface area contributed by atoms with Crippen molar-refractivity contribution in [3.05, 3.63) is 12.4 Å². The highest BCUT2D eigenvalue weighted by molar-refractivity contribution is 7.89. The maximum atomic E-state index is 12.0. The number of hydrogen-bond acceptors (Lipinski definition) is 4. The Morgan fingerprint density at radius 3 is 2.78 bits per heavy atom. The van der Waals surface area contributed by atoms with Crippen molar-refractivity contribution in [3.8, 4) is 0 Å². The van der Waals surface area contributed by atoms with Gasteiger partial charge >= 0.3 is 5.97 Å². The molecule has 1 aromatic heterocycles. The Hall–Kier alpha value is -1.41. The number of aryl methyl sites for hydroxylation is 1. The van der Waals surface area contributed by atoms with Crippen LogP contribution in [0.25, 0.3) is 0 Å². The van der Waals surface area contributed by atoms with Crippen LogP contribution in [0.15, 0.2) is 17.3 Å². The van der Waals surface area contributed by atoms with Crippen molar-refractivity contribution in [2.45, 2.75) is 30.2 Å². The van der Waals surface area contributed by atoms with Crippen LogP contribution in [0.4, 0.5) is 0 Å². The van der Waals surface area contributed by atoms with Crippen LogP contribution in [0.3, 0.4) is 0 Å². The SMILES string of the molecule is Cn1cc(S(=O)(=O)N[C@H]2CC[C@@H](C(=O)O)C2)cn1. The quantitative estimate of drug-likeness (QED) is 0.801. The first-order chi connectivity index (χ1) is 8.38. The summed E-state index contributed by atoms with van der Waals surface area (Å²) in [7, 11) is -1.96. The summed E-state index contributed by atoms with van der Waals surface area (Å²) < 4.78 is 27.9. The monoisotopic (exact) mass is 273 g/mol. The molecule has 0 unspecified atom stereocenters. The average Bonchev–Trinajstić information content (AvgIpc) is 2.86. The fourth-order valence-electron chi connectivity index (χ4n) is 2.14. The number of rotatable bonds is 4. The number of carboxylic acids is 1. The predicted octanol–water partition coefficient (Wildman–Crippen LogP) is -0.0483. The number of carbonyl (C=O) groups is 1. The van der Waals surface area contributed by atoms with Gasteiger partial charge in [0, 0.05) is 19.3 Å². The van der Waals surface area contributed by atoms with Crippen LogP contribution < -0.4 is 4.72 Å². The molecule has 8 heteroatoms. The molecule has 1 aromatic rings. The highest BCUT2D eigenvalue weighted by atomic mass is 32.2. The lowest BCUT2D eigenvalue weighted by atomic mass is 10.1. The molecule has 0 radical (unpaired) electrons. The molecule has 0 amide bonds. The Morgan fingerprint density at radius 1 is 1.56 bits per heavy atom. The number of hydrogen-bond donors (Lipinski definition) is 2. The summed E-state index contributed by atoms with van der Waals surface area (Å²) in [6.45, 7) is 0. The smallest absolute Gasteiger partial charge is 0.306 e. The molecule has 0 aliphatic heterocycles. The largest absolute Gasteiger partial charge is 0.481 e. The maximum Gasteiger partial charge on any atom is 0.306 e. The van der Waals surface area contributed by atoms with E-state index < -0.39 is 21.9 Å². The first-order valence-electron chi connectivity index (χ1n) is 5.62. The lowest BCUT2D eigenvalue weighted by molar-refractivity contribution is -0.141. The van der Waals surface area contributed by atoms with Gasteiger partial charge in [-0.1, -0.05) is 0 Å². The van der Waals surface area contributed by atoms with Crippen LogP contribution in [0, 0.1) is 5.92 Å². The Labute approximate surface area is 105 Å². The Balaban J connectivity index is 2.04. The second-order valence-corrected chi connectivity index (χ2v) is 6.23. The fourth-order valence-corrected chi connectivity index (χ4v) is 3.40. The third kappa shape index (κ3) is 2.70. The Morgan fingerprint density at radius 2 is 2.28 bits per heavy atom. The molecule has 1 saturated carbocycles. The van der Waals surface area contributed by atoms with E-state index >= 15 is 0 Å². The van der Waals surface area contributed by atoms with Gasteiger partial charge in [-0.25, -0.2) is 13.1 Å². The molecule has 0 aromatic carbocycles. The van der Waals surface area contributed by atoms with Crippen LogP contribution in [0.2, 0.25) is 0 Å². The number of nitrogens with zero attached hydrogens (tertiary/aromatic N) is 2. The zero-order chi connectivity index (χ0) is 13.3. The standard InChI is InChI=1S/C10H15N3O4S/c1-13-6-9(5-11-13)18(16,17)12-8-3-2-7(4-8)10(14)15/h5-8,12H,2-4H2,1H3,(H,14,15)/t7-,8+/m1/s1. The van der Waals surface area contributed by atoms with E-state index in [4.69, 9.17) is 5.11 Å². The summed E-state index contributed by atoms with van der Waals surface area (Å²) >= 11 is 0. The van der Waals surface area contributed by atoms with E-state index in [1.165, 1.54) is 17.1 Å². The van der Waals surface area contributed by atoms with Crippen LogP contribution in [0.1, 0.15) is 19.3 Å². The number of sulfonamides is 1. The highest BCUT2D eigenvalue weighted by Gasteiger charge is 2.32. The maximum absolute atomic E-state index is 12.0. The first kappa shape index (κ1) is 13.0. The van der Waals surface area contributed by atoms with Gasteiger partial charge in [0.05, 0.1) is 12.1 Å². The molecule has 2 N–H and O–H groups in total. The number of nitrogens with one attached hydrogen (secondary N) is 1. The van der Waals surface area contributed by atoms with Gasteiger partial charge in [-0.05, 0) is 19.3 Å². The molecule has 1 aliphatic rings. The minimum Gasteiger partial charge on any atom is -0.481 e. The van der Waals surface area contributed by atoms with Crippen molar-refractivity contribution in [1.82, 2.24) is 14.5 Å². The normalized spacial score (nSPS) is 24.3. The molecular formula is C10H15N3O4S. The Bertz CT molecular complexity index is 551. The van der Waals surface area contributed by atoms with Gasteiger partial charge in [-0.3, -0.25) is 9.48 Å². The van der Waals surface area contributed by atoms with Gasteiger partial charge in [0.2, 0.25) is 10.0 Å². The summed E-state index contributed by atoms with van der Waals surface area (Å²) in [6, 6.07) is -0.309. The van der Waals surface area contributed by atoms with Gasteiger partial charge in [-0.2, -0.15) is 5.10 Å². The van der Waals surface area contributed by atoms with E-state index in [9.17, 15) is 13.2 Å². The van der Waals surface area contributed by atoms with Gasteiger partial charge in [0.15, 0.2) is 0 Å². The van der Waals surface area contributed by atoms with Crippen LogP contribution in [0.5, 0.6) is 0 Å². The average molecular weight is 273 g/mol. The summed E-state index contributed by atoms with van der Waals surface area (Å²) in [4.78, 5) is 10.9. The van der Waals surface area contributed by atoms with Crippen molar-refractivity contribution in [3.63, 3.8) is 0 Å². The van der Waals surface area contributed by atoms with Crippen molar-refractivity contribution in [1.29, 1.82) is 0 Å². The van der Waals surface area contributed by atoms with Crippen LogP contribution in [-0.4, -0.2) is 35.3 Å². The van der Waals surface area contributed by atoms with E-state index in [-0.39, 0.29) is 10.9 Å². The van der Waals surface area contributed by atoms with Crippen LogP contribution in [-0.2, 0) is 21.9 Å². The van der Waals surface area contributed by atoms with E-state index in [1.54, 1.807) is 7.05 Å². The van der Waals surface area contributed by atoms with Crippen molar-refractivity contribution in [2.75, 3.05) is 0 Å². The van der Waals surface area contributed by atoms with E-state index in [1.807, 2.05) is 0 Å². The lowest BCUT2D eigenvalue weighted by Gasteiger charge is -2.11. The number of aromatic nitrogens is 2. The predicted molar refractivity (Wildman–Crippen MR) is 62.3 cm³/mol. The third-order valence-corrected chi connectivity index (χ3v) is 4.57. The van der Waals surface area contributed by atoms with Crippen molar-refractivity contribution < 1.29 is 18.3 Å². The van der Waals surface area contributed by atoms with E-state index in [2.05, 4.69) is 9.82 Å². The molecule has 1 aliphatic carbocycles. The van der Waals surface area contributed by atoms with Gasteiger partial charge in [0.25, 0.3) is 0 Å². The molecule has 2 atom stereocenters. The van der Waals surface area contributed by atoms with Crippen molar-refractivity contribution in [2.24, 2.45) is 13.0 Å². The highest BCUT2D eigenvalue weighted by Crippen LogP contribution is 2.26. The molecule has 1 fully saturated rings. The molecular weight excluding hydrogens is 258 g/mol. The Kier molecular flexibility index (Phi) is 3.40. The van der Waals surface area contributed by atoms with Gasteiger partial charge in [-0.15, -0.1) is 0 Å². The third-order valence-electron chi connectivity index (χ3n) is 3.10. The molecule has 7 nitrogen and oxygen atoms in total. The summed E-state index contributed by atoms with van der Waals surface area (Å²) in [5, 5.41) is 12.7. The number of carboxylic acid groups (broad SMARTS) is 1. The molecule has 0 spiro atoms. The minimum absolute atomic E-state index is 0.101. The molecule has 0 saturated heterocycles. The fraction of sp³-hybridized carbons (Fsp3) is 0.600. The second-order valence-electron chi connectivity index (χ2n) is 4.52. The van der Waals surface area contributed by atoms with Crippen molar-refractivity contribution >= 4 is 16.0 Å². The lowest BCUT2D eigenvalue weighted by Crippen LogP contribution is -2.33. The zero-order valence-electron chi connectivity index (χ0n) is 9.91. The molecule has 2 rings (SSSR count). The summed E-state index contributed by atoms with van der Waals surface area (Å²) in [5.74, 6) is -1.32. The molecule has 0 bridgehead atoms. The topological polar surface area (TPSA) is 101 Å². The summed E-state index contributed by atoms with van der Waals surface area (Å²) in [6.07, 6.45) is 4.08. The molecule has 100 valence electrons. The molecule has 1 heterocycles. The van der Waals surface area contributed by atoms with Gasteiger partial charge in [0.1, 0.15) is 4.90 Å². The number of aliphatic carboxylic acids is 1. The first-order valence-corrected chi connectivity index (χ1v) is 7.10. The van der Waals surface area contributed by atoms with Crippen LogP contribution >= 0.6 is 0 Å². The second kappa shape index (κ2) is 4.69. The summed E-state index contributed by atoms with van der Waals surface area (Å²) in [5.41, 5.74) is 0. The molecule has 18 heavy (non-hydrogen) atoms. The zero-order valence-corrected chi connectivity index (χ0v) is 10.7. The van der Waals surface area contributed by atoms with Gasteiger partial charge < -0.3 is 5.11 Å². The minimum atomic E-state index is -3.60.